The van der Waals surface area contributed by atoms with Gasteiger partial charge in [-0.05, 0) is 13.8 Å². The lowest BCUT2D eigenvalue weighted by Gasteiger charge is -2.10. The van der Waals surface area contributed by atoms with Gasteiger partial charge in [0.25, 0.3) is 0 Å². The number of rotatable bonds is 6. The monoisotopic (exact) mass is 231 g/mol. The van der Waals surface area contributed by atoms with Crippen LogP contribution >= 0.6 is 0 Å². The molecule has 1 atom stereocenters. The molecule has 3 amide bonds. The van der Waals surface area contributed by atoms with Crippen LogP contribution in [0.4, 0.5) is 4.79 Å². The maximum atomic E-state index is 11.1. The van der Waals surface area contributed by atoms with Crippen LogP contribution in [-0.2, 0) is 9.59 Å². The van der Waals surface area contributed by atoms with E-state index < -0.39 is 18.0 Å². The zero-order valence-electron chi connectivity index (χ0n) is 9.37. The van der Waals surface area contributed by atoms with E-state index in [1.54, 1.807) is 6.92 Å². The van der Waals surface area contributed by atoms with Crippen molar-refractivity contribution in [3.8, 4) is 0 Å². The van der Waals surface area contributed by atoms with E-state index in [-0.39, 0.29) is 18.9 Å². The van der Waals surface area contributed by atoms with Crippen molar-refractivity contribution in [3.05, 3.63) is 0 Å². The molecule has 16 heavy (non-hydrogen) atoms. The van der Waals surface area contributed by atoms with Crippen molar-refractivity contribution in [1.29, 1.82) is 0 Å². The van der Waals surface area contributed by atoms with E-state index in [0.717, 1.165) is 0 Å². The van der Waals surface area contributed by atoms with Gasteiger partial charge in [0, 0.05) is 19.5 Å². The predicted octanol–water partition coefficient (Wildman–Crippen LogP) is -0.715. The van der Waals surface area contributed by atoms with E-state index >= 15 is 0 Å². The molecular formula is C9H17N3O4. The van der Waals surface area contributed by atoms with E-state index in [1.807, 2.05) is 0 Å². The van der Waals surface area contributed by atoms with Crippen LogP contribution < -0.4 is 16.0 Å². The highest BCUT2D eigenvalue weighted by atomic mass is 16.4. The lowest BCUT2D eigenvalue weighted by molar-refractivity contribution is -0.138. The number of carbonyl (C=O) groups excluding carboxylic acids is 2. The molecular weight excluding hydrogens is 214 g/mol. The first-order valence-corrected chi connectivity index (χ1v) is 5.01. The first kappa shape index (κ1) is 14.2. The van der Waals surface area contributed by atoms with Gasteiger partial charge < -0.3 is 21.1 Å². The smallest absolute Gasteiger partial charge is 0.325 e. The molecule has 0 unspecified atom stereocenters. The van der Waals surface area contributed by atoms with Crippen molar-refractivity contribution in [3.63, 3.8) is 0 Å². The Morgan fingerprint density at radius 1 is 1.25 bits per heavy atom. The molecule has 0 aliphatic rings. The Bertz CT molecular complexity index is 267. The van der Waals surface area contributed by atoms with Crippen LogP contribution in [0.5, 0.6) is 0 Å². The molecule has 0 heterocycles. The fourth-order valence-electron chi connectivity index (χ4n) is 0.885. The molecule has 0 bridgehead atoms. The molecule has 0 aromatic rings. The summed E-state index contributed by atoms with van der Waals surface area (Å²) >= 11 is 0. The summed E-state index contributed by atoms with van der Waals surface area (Å²) in [7, 11) is 0. The summed E-state index contributed by atoms with van der Waals surface area (Å²) in [6.07, 6.45) is 0.169. The normalized spacial score (nSPS) is 11.4. The minimum atomic E-state index is -1.11. The molecule has 7 nitrogen and oxygen atoms in total. The van der Waals surface area contributed by atoms with Crippen molar-refractivity contribution in [1.82, 2.24) is 16.0 Å². The van der Waals surface area contributed by atoms with E-state index in [9.17, 15) is 14.4 Å². The number of hydrogen-bond acceptors (Lipinski definition) is 3. The van der Waals surface area contributed by atoms with Gasteiger partial charge in [0.1, 0.15) is 6.04 Å². The second-order valence-electron chi connectivity index (χ2n) is 3.16. The second kappa shape index (κ2) is 7.49. The molecule has 4 N–H and O–H groups in total. The van der Waals surface area contributed by atoms with E-state index in [1.165, 1.54) is 6.92 Å². The second-order valence-corrected chi connectivity index (χ2v) is 3.16. The van der Waals surface area contributed by atoms with Crippen LogP contribution in [0.25, 0.3) is 0 Å². The quantitative estimate of drug-likeness (QED) is 0.484. The highest BCUT2D eigenvalue weighted by molar-refractivity contribution is 5.82. The predicted molar refractivity (Wildman–Crippen MR) is 56.9 cm³/mol. The van der Waals surface area contributed by atoms with Gasteiger partial charge in [-0.25, -0.2) is 4.79 Å². The van der Waals surface area contributed by atoms with Crippen LogP contribution in [0.2, 0.25) is 0 Å². The van der Waals surface area contributed by atoms with Gasteiger partial charge in [-0.15, -0.1) is 0 Å². The highest BCUT2D eigenvalue weighted by Crippen LogP contribution is 1.82. The van der Waals surface area contributed by atoms with Crippen LogP contribution in [0, 0.1) is 0 Å². The van der Waals surface area contributed by atoms with Crippen LogP contribution in [0.3, 0.4) is 0 Å². The third-order valence-corrected chi connectivity index (χ3v) is 1.73. The van der Waals surface area contributed by atoms with Gasteiger partial charge in [0.05, 0.1) is 0 Å². The number of carbonyl (C=O) groups is 3. The van der Waals surface area contributed by atoms with Crippen molar-refractivity contribution >= 4 is 17.9 Å². The molecule has 0 fully saturated rings. The SMILES string of the molecule is CCNC(=O)CCNC(=O)N[C@H](C)C(=O)O. The molecule has 0 spiro atoms. The number of hydrogen-bond donors (Lipinski definition) is 4. The molecule has 0 aliphatic carbocycles. The Balaban J connectivity index is 3.66. The summed E-state index contributed by atoms with van der Waals surface area (Å²) in [5.41, 5.74) is 0. The summed E-state index contributed by atoms with van der Waals surface area (Å²) in [6.45, 7) is 3.86. The van der Waals surface area contributed by atoms with E-state index in [4.69, 9.17) is 5.11 Å². The fraction of sp³-hybridized carbons (Fsp3) is 0.667. The molecule has 0 aromatic carbocycles. The third-order valence-electron chi connectivity index (χ3n) is 1.73. The Morgan fingerprint density at radius 2 is 1.88 bits per heavy atom. The largest absolute Gasteiger partial charge is 0.480 e. The number of carboxylic acid groups (broad SMARTS) is 1. The van der Waals surface area contributed by atoms with Crippen LogP contribution in [0.15, 0.2) is 0 Å². The van der Waals surface area contributed by atoms with Crippen LogP contribution in [0.1, 0.15) is 20.3 Å². The Morgan fingerprint density at radius 3 is 2.38 bits per heavy atom. The van der Waals surface area contributed by atoms with Gasteiger partial charge in [0.15, 0.2) is 0 Å². The van der Waals surface area contributed by atoms with Gasteiger partial charge in [-0.2, -0.15) is 0 Å². The average Bonchev–Trinajstić information content (AvgIpc) is 2.17. The molecule has 92 valence electrons. The van der Waals surface area contributed by atoms with E-state index in [2.05, 4.69) is 16.0 Å². The topological polar surface area (TPSA) is 108 Å². The van der Waals surface area contributed by atoms with Gasteiger partial charge in [0.2, 0.25) is 5.91 Å². The Hall–Kier alpha value is -1.79. The fourth-order valence-corrected chi connectivity index (χ4v) is 0.885. The summed E-state index contributed by atoms with van der Waals surface area (Å²) in [5.74, 6) is -1.27. The maximum Gasteiger partial charge on any atom is 0.325 e. The average molecular weight is 231 g/mol. The standard InChI is InChI=1S/C9H17N3O4/c1-3-10-7(13)4-5-11-9(16)12-6(2)8(14)15/h6H,3-5H2,1-2H3,(H,10,13)(H,14,15)(H2,11,12,16)/t6-/m1/s1. The minimum absolute atomic E-state index is 0.158. The van der Waals surface area contributed by atoms with Gasteiger partial charge in [-0.1, -0.05) is 0 Å². The van der Waals surface area contributed by atoms with Gasteiger partial charge >= 0.3 is 12.0 Å². The Labute approximate surface area is 93.6 Å². The lowest BCUT2D eigenvalue weighted by atomic mass is 10.3. The summed E-state index contributed by atoms with van der Waals surface area (Å²) in [4.78, 5) is 32.5. The molecule has 0 aliphatic heterocycles. The van der Waals surface area contributed by atoms with Crippen molar-refractivity contribution in [2.24, 2.45) is 0 Å². The van der Waals surface area contributed by atoms with Crippen LogP contribution in [-0.4, -0.2) is 42.1 Å². The van der Waals surface area contributed by atoms with Crippen molar-refractivity contribution in [2.45, 2.75) is 26.3 Å². The number of nitrogens with one attached hydrogen (secondary N) is 3. The number of aliphatic carboxylic acids is 1. The first-order valence-electron chi connectivity index (χ1n) is 5.01. The summed E-state index contributed by atoms with van der Waals surface area (Å²) in [5, 5.41) is 15.7. The van der Waals surface area contributed by atoms with Gasteiger partial charge in [-0.3, -0.25) is 9.59 Å². The zero-order valence-corrected chi connectivity index (χ0v) is 9.37. The van der Waals surface area contributed by atoms with Crippen molar-refractivity contribution < 1.29 is 19.5 Å². The molecule has 7 heteroatoms. The number of amides is 3. The first-order chi connectivity index (χ1) is 7.47. The summed E-state index contributed by atoms with van der Waals surface area (Å²) < 4.78 is 0. The zero-order chi connectivity index (χ0) is 12.6. The number of urea groups is 1. The minimum Gasteiger partial charge on any atom is -0.480 e. The molecule has 0 aromatic heterocycles. The molecule has 0 radical (unpaired) electrons. The van der Waals surface area contributed by atoms with Crippen molar-refractivity contribution in [2.75, 3.05) is 13.1 Å². The third kappa shape index (κ3) is 6.63. The lowest BCUT2D eigenvalue weighted by Crippen LogP contribution is -2.45. The maximum absolute atomic E-state index is 11.1. The number of carboxylic acids is 1. The summed E-state index contributed by atoms with van der Waals surface area (Å²) in [6, 6.07) is -1.55. The molecule has 0 saturated carbocycles. The molecule has 0 rings (SSSR count). The highest BCUT2D eigenvalue weighted by Gasteiger charge is 2.13. The Kier molecular flexibility index (Phi) is 6.66. The molecule has 0 saturated heterocycles. The van der Waals surface area contributed by atoms with E-state index in [0.29, 0.717) is 6.54 Å².